The largest absolute Gasteiger partial charge is 0.126 e. The van der Waals surface area contributed by atoms with Crippen molar-refractivity contribution >= 4 is 23.4 Å². The Bertz CT molecular complexity index is 496. The van der Waals surface area contributed by atoms with Crippen LogP contribution in [0.1, 0.15) is 12.8 Å². The lowest BCUT2D eigenvalue weighted by Gasteiger charge is -2.07. The van der Waals surface area contributed by atoms with Crippen molar-refractivity contribution < 1.29 is 0 Å². The van der Waals surface area contributed by atoms with E-state index in [1.807, 2.05) is 11.8 Å². The summed E-state index contributed by atoms with van der Waals surface area (Å²) in [7, 11) is 0. The molecule has 70 valence electrons. The van der Waals surface area contributed by atoms with Gasteiger partial charge in [0, 0.05) is 5.25 Å². The highest BCUT2D eigenvalue weighted by molar-refractivity contribution is 8.03. The van der Waals surface area contributed by atoms with Gasteiger partial charge in [-0.05, 0) is 34.3 Å². The van der Waals surface area contributed by atoms with Crippen LogP contribution < -0.4 is 10.4 Å². The van der Waals surface area contributed by atoms with E-state index in [9.17, 15) is 0 Å². The smallest absolute Gasteiger partial charge is 0.0347 e. The second-order valence-electron chi connectivity index (χ2n) is 3.75. The molecule has 1 aliphatic heterocycles. The molecule has 1 atom stereocenters. The van der Waals surface area contributed by atoms with Crippen molar-refractivity contribution in [3.8, 4) is 0 Å². The lowest BCUT2D eigenvalue weighted by molar-refractivity contribution is 0.933. The lowest BCUT2D eigenvalue weighted by Crippen LogP contribution is -2.26. The van der Waals surface area contributed by atoms with Crippen LogP contribution in [0.5, 0.6) is 0 Å². The van der Waals surface area contributed by atoms with Gasteiger partial charge in [0.1, 0.15) is 0 Å². The summed E-state index contributed by atoms with van der Waals surface area (Å²) in [5.74, 6) is 0. The summed E-state index contributed by atoms with van der Waals surface area (Å²) in [5.41, 5.74) is 1.53. The average molecular weight is 200 g/mol. The first kappa shape index (κ1) is 8.37. The van der Waals surface area contributed by atoms with E-state index in [4.69, 9.17) is 0 Å². The van der Waals surface area contributed by atoms with Gasteiger partial charge < -0.3 is 0 Å². The summed E-state index contributed by atoms with van der Waals surface area (Å²) >= 11 is 1.97. The normalized spacial score (nSPS) is 23.7. The zero-order chi connectivity index (χ0) is 9.38. The molecule has 0 saturated carbocycles. The molecule has 1 heterocycles. The van der Waals surface area contributed by atoms with E-state index in [-0.39, 0.29) is 0 Å². The van der Waals surface area contributed by atoms with Crippen LogP contribution in [0.15, 0.2) is 35.7 Å². The van der Waals surface area contributed by atoms with Crippen LogP contribution in [0.25, 0.3) is 11.6 Å². The van der Waals surface area contributed by atoms with Crippen molar-refractivity contribution in [2.75, 3.05) is 0 Å². The Balaban J connectivity index is 2.41. The van der Waals surface area contributed by atoms with Crippen LogP contribution in [-0.2, 0) is 0 Å². The fraction of sp³-hybridized carbons (Fsp3) is 0.231. The molecule has 1 unspecified atom stereocenters. The van der Waals surface area contributed by atoms with Gasteiger partial charge in [-0.15, -0.1) is 11.8 Å². The molecule has 0 aromatic heterocycles. The third kappa shape index (κ3) is 1.24. The van der Waals surface area contributed by atoms with Gasteiger partial charge in [0.05, 0.1) is 0 Å². The number of rotatable bonds is 0. The van der Waals surface area contributed by atoms with Gasteiger partial charge in [0.2, 0.25) is 0 Å². The molecule has 0 radical (unpaired) electrons. The zero-order valence-corrected chi connectivity index (χ0v) is 8.76. The van der Waals surface area contributed by atoms with Gasteiger partial charge in [0.25, 0.3) is 0 Å². The molecule has 2 aliphatic rings. The summed E-state index contributed by atoms with van der Waals surface area (Å²) in [5, 5.41) is 5.80. The SMILES string of the molecule is C1=CC2=c3ccccc3=CCCC2S1. The monoisotopic (exact) mass is 200 g/mol. The molecule has 0 bridgehead atoms. The molecular formula is C13H12S. The topological polar surface area (TPSA) is 0 Å². The standard InChI is InChI=1S/C13H12S/c1-2-6-11-10(4-1)5-3-7-13-12(11)8-9-14-13/h1-2,4-6,8-9,13H,3,7H2. The van der Waals surface area contributed by atoms with Gasteiger partial charge in [-0.1, -0.05) is 36.4 Å². The molecule has 1 aliphatic carbocycles. The Morgan fingerprint density at radius 2 is 2.14 bits per heavy atom. The molecular weight excluding hydrogens is 188 g/mol. The van der Waals surface area contributed by atoms with Crippen LogP contribution in [0.3, 0.4) is 0 Å². The molecule has 3 rings (SSSR count). The average Bonchev–Trinajstić information content (AvgIpc) is 2.61. The second-order valence-corrected chi connectivity index (χ2v) is 4.86. The van der Waals surface area contributed by atoms with Gasteiger partial charge >= 0.3 is 0 Å². The molecule has 0 saturated heterocycles. The van der Waals surface area contributed by atoms with E-state index in [0.717, 1.165) is 0 Å². The third-order valence-electron chi connectivity index (χ3n) is 2.90. The molecule has 14 heavy (non-hydrogen) atoms. The molecule has 1 heteroatoms. The number of allylic oxidation sites excluding steroid dienone is 1. The first-order chi connectivity index (χ1) is 6.95. The number of hydrogen-bond acceptors (Lipinski definition) is 1. The van der Waals surface area contributed by atoms with E-state index in [2.05, 4.69) is 41.8 Å². The van der Waals surface area contributed by atoms with Crippen molar-refractivity contribution in [1.82, 2.24) is 0 Å². The van der Waals surface area contributed by atoms with E-state index < -0.39 is 0 Å². The van der Waals surface area contributed by atoms with E-state index in [1.165, 1.54) is 28.9 Å². The molecule has 0 nitrogen and oxygen atoms in total. The van der Waals surface area contributed by atoms with Crippen molar-refractivity contribution in [3.05, 3.63) is 46.2 Å². The van der Waals surface area contributed by atoms with E-state index in [1.54, 1.807) is 0 Å². The minimum atomic E-state index is 0.704. The van der Waals surface area contributed by atoms with Gasteiger partial charge in [0.15, 0.2) is 0 Å². The minimum Gasteiger partial charge on any atom is -0.126 e. The highest BCUT2D eigenvalue weighted by Crippen LogP contribution is 2.33. The number of thioether (sulfide) groups is 1. The van der Waals surface area contributed by atoms with Crippen molar-refractivity contribution in [2.45, 2.75) is 18.1 Å². The van der Waals surface area contributed by atoms with Crippen LogP contribution in [0.2, 0.25) is 0 Å². The Labute approximate surface area is 88.0 Å². The first-order valence-electron chi connectivity index (χ1n) is 5.06. The summed E-state index contributed by atoms with van der Waals surface area (Å²) in [6.07, 6.45) is 7.14. The summed E-state index contributed by atoms with van der Waals surface area (Å²) < 4.78 is 0. The van der Waals surface area contributed by atoms with Crippen molar-refractivity contribution in [2.24, 2.45) is 0 Å². The van der Waals surface area contributed by atoms with Crippen LogP contribution >= 0.6 is 11.8 Å². The predicted octanol–water partition coefficient (Wildman–Crippen LogP) is 2.04. The fourth-order valence-electron chi connectivity index (χ4n) is 2.20. The molecule has 1 aromatic rings. The minimum absolute atomic E-state index is 0.704. The highest BCUT2D eigenvalue weighted by Gasteiger charge is 2.18. The molecule has 0 amide bonds. The summed E-state index contributed by atoms with van der Waals surface area (Å²) in [4.78, 5) is 0. The predicted molar refractivity (Wildman–Crippen MR) is 63.3 cm³/mol. The van der Waals surface area contributed by atoms with E-state index >= 15 is 0 Å². The fourth-order valence-corrected chi connectivity index (χ4v) is 3.24. The van der Waals surface area contributed by atoms with Gasteiger partial charge in [-0.2, -0.15) is 0 Å². The summed E-state index contributed by atoms with van der Waals surface area (Å²) in [6, 6.07) is 8.73. The number of hydrogen-bond donors (Lipinski definition) is 0. The molecule has 0 N–H and O–H groups in total. The molecule has 1 aromatic carbocycles. The number of benzene rings is 1. The zero-order valence-electron chi connectivity index (χ0n) is 7.94. The molecule has 0 fully saturated rings. The van der Waals surface area contributed by atoms with Crippen LogP contribution in [0, 0.1) is 0 Å². The Morgan fingerprint density at radius 1 is 1.21 bits per heavy atom. The van der Waals surface area contributed by atoms with Crippen molar-refractivity contribution in [3.63, 3.8) is 0 Å². The Hall–Kier alpha value is -0.950. The maximum Gasteiger partial charge on any atom is 0.0347 e. The Kier molecular flexibility index (Phi) is 1.98. The maximum atomic E-state index is 2.37. The first-order valence-corrected chi connectivity index (χ1v) is 6.01. The molecule has 0 spiro atoms. The highest BCUT2D eigenvalue weighted by atomic mass is 32.2. The van der Waals surface area contributed by atoms with Gasteiger partial charge in [-0.25, -0.2) is 0 Å². The maximum absolute atomic E-state index is 2.37. The van der Waals surface area contributed by atoms with E-state index in [0.29, 0.717) is 5.25 Å². The van der Waals surface area contributed by atoms with Crippen molar-refractivity contribution in [1.29, 1.82) is 0 Å². The van der Waals surface area contributed by atoms with Crippen LogP contribution in [0.4, 0.5) is 0 Å². The van der Waals surface area contributed by atoms with Crippen LogP contribution in [-0.4, -0.2) is 5.25 Å². The third-order valence-corrected chi connectivity index (χ3v) is 4.01. The Morgan fingerprint density at radius 3 is 3.14 bits per heavy atom. The second kappa shape index (κ2) is 3.32. The quantitative estimate of drug-likeness (QED) is 0.617. The lowest BCUT2D eigenvalue weighted by atomic mass is 10.1. The summed E-state index contributed by atoms with van der Waals surface area (Å²) in [6.45, 7) is 0. The van der Waals surface area contributed by atoms with Gasteiger partial charge in [-0.3, -0.25) is 0 Å². The number of fused-ring (bicyclic) bond motifs is 2.